The minimum atomic E-state index is -0.0239. The number of hydrogen-bond acceptors (Lipinski definition) is 5. The van der Waals surface area contributed by atoms with Crippen LogP contribution in [-0.4, -0.2) is 26.5 Å². The zero-order chi connectivity index (χ0) is 16.4. The Morgan fingerprint density at radius 1 is 1.17 bits per heavy atom. The first-order valence-corrected chi connectivity index (χ1v) is 8.00. The van der Waals surface area contributed by atoms with Crippen LogP contribution in [0.25, 0.3) is 22.6 Å². The van der Waals surface area contributed by atoms with Gasteiger partial charge in [0.05, 0.1) is 11.9 Å². The highest BCUT2D eigenvalue weighted by Crippen LogP contribution is 2.29. The van der Waals surface area contributed by atoms with E-state index in [9.17, 15) is 5.21 Å². The zero-order valence-electron chi connectivity index (χ0n) is 13.1. The molecule has 0 N–H and O–H groups in total. The molecule has 1 atom stereocenters. The largest absolute Gasteiger partial charge is 0.594 e. The van der Waals surface area contributed by atoms with Crippen LogP contribution in [0.1, 0.15) is 25.5 Å². The van der Waals surface area contributed by atoms with Crippen LogP contribution in [0.3, 0.4) is 0 Å². The van der Waals surface area contributed by atoms with Crippen LogP contribution in [0.4, 0.5) is 0 Å². The fourth-order valence-corrected chi connectivity index (χ4v) is 2.95. The van der Waals surface area contributed by atoms with Gasteiger partial charge in [0.1, 0.15) is 0 Å². The molecule has 0 bridgehead atoms. The normalized spacial score (nSPS) is 17.8. The van der Waals surface area contributed by atoms with Gasteiger partial charge in [0.2, 0.25) is 12.0 Å². The van der Waals surface area contributed by atoms with E-state index in [2.05, 4.69) is 15.2 Å². The molecule has 0 amide bonds. The molecule has 0 saturated carbocycles. The van der Waals surface area contributed by atoms with Crippen molar-refractivity contribution in [1.29, 1.82) is 0 Å². The molecule has 1 aromatic carbocycles. The van der Waals surface area contributed by atoms with Gasteiger partial charge in [0.25, 0.3) is 0 Å². The van der Waals surface area contributed by atoms with E-state index in [0.29, 0.717) is 10.7 Å². The zero-order valence-corrected chi connectivity index (χ0v) is 13.1. The first-order chi connectivity index (χ1) is 11.8. The smallest absolute Gasteiger partial charge is 0.228 e. The second-order valence-corrected chi connectivity index (χ2v) is 5.72. The Morgan fingerprint density at radius 3 is 2.92 bits per heavy atom. The van der Waals surface area contributed by atoms with Gasteiger partial charge in [-0.05, 0) is 31.4 Å². The molecule has 7 heteroatoms. The van der Waals surface area contributed by atoms with E-state index in [1.54, 1.807) is 6.20 Å². The minimum absolute atomic E-state index is 0.0239. The standard InChI is InChI=1S/C17H17N5O2/c23-21-10-9-18-17(20-21)14-5-3-4-13(12-14)15-7-8-19-22(15)16-6-1-2-11-24-16/h3-5,7-10,12,16H,1-2,6,11H2. The lowest BCUT2D eigenvalue weighted by molar-refractivity contribution is -0.668. The second-order valence-electron chi connectivity index (χ2n) is 5.72. The molecule has 0 aliphatic carbocycles. The van der Waals surface area contributed by atoms with E-state index in [0.717, 1.165) is 42.7 Å². The van der Waals surface area contributed by atoms with Gasteiger partial charge in [-0.15, -0.1) is 0 Å². The SMILES string of the molecule is [O-][n+]1ccnc(-c2cccc(-c3ccnn3C3CCCCO3)c2)n1. The summed E-state index contributed by atoms with van der Waals surface area (Å²) in [6, 6.07) is 9.75. The number of aromatic nitrogens is 5. The molecule has 1 fully saturated rings. The van der Waals surface area contributed by atoms with E-state index < -0.39 is 0 Å². The fourth-order valence-electron chi connectivity index (χ4n) is 2.95. The quantitative estimate of drug-likeness (QED) is 0.546. The summed E-state index contributed by atoms with van der Waals surface area (Å²) < 4.78 is 7.77. The lowest BCUT2D eigenvalue weighted by atomic mass is 10.1. The average molecular weight is 323 g/mol. The van der Waals surface area contributed by atoms with Gasteiger partial charge in [-0.2, -0.15) is 5.10 Å². The molecule has 0 spiro atoms. The molecule has 1 aliphatic heterocycles. The third-order valence-electron chi connectivity index (χ3n) is 4.10. The summed E-state index contributed by atoms with van der Waals surface area (Å²) >= 11 is 0. The summed E-state index contributed by atoms with van der Waals surface area (Å²) in [4.78, 5) is 4.67. The number of rotatable bonds is 3. The van der Waals surface area contributed by atoms with Crippen molar-refractivity contribution in [3.63, 3.8) is 0 Å². The maximum atomic E-state index is 11.4. The van der Waals surface area contributed by atoms with Gasteiger partial charge in [-0.3, -0.25) is 0 Å². The number of hydrogen-bond donors (Lipinski definition) is 0. The van der Waals surface area contributed by atoms with Crippen molar-refractivity contribution in [2.75, 3.05) is 6.61 Å². The maximum absolute atomic E-state index is 11.4. The summed E-state index contributed by atoms with van der Waals surface area (Å²) in [5.74, 6) is 0.398. The minimum Gasteiger partial charge on any atom is -0.594 e. The van der Waals surface area contributed by atoms with Crippen LogP contribution in [0.2, 0.25) is 0 Å². The molecule has 1 saturated heterocycles. The Morgan fingerprint density at radius 2 is 2.08 bits per heavy atom. The Labute approximate surface area is 139 Å². The molecule has 7 nitrogen and oxygen atoms in total. The predicted octanol–water partition coefficient (Wildman–Crippen LogP) is 2.34. The number of ether oxygens (including phenoxy) is 1. The van der Waals surface area contributed by atoms with Crippen molar-refractivity contribution in [3.05, 3.63) is 54.1 Å². The molecule has 4 rings (SSSR count). The molecule has 1 unspecified atom stereocenters. The van der Waals surface area contributed by atoms with Crippen LogP contribution >= 0.6 is 0 Å². The molecule has 1 aliphatic rings. The summed E-state index contributed by atoms with van der Waals surface area (Å²) in [7, 11) is 0. The number of benzene rings is 1. The molecule has 3 aromatic rings. The maximum Gasteiger partial charge on any atom is 0.228 e. The molecular weight excluding hydrogens is 306 g/mol. The van der Waals surface area contributed by atoms with Crippen molar-refractivity contribution >= 4 is 0 Å². The Bertz CT molecular complexity index is 842. The molecule has 0 radical (unpaired) electrons. The summed E-state index contributed by atoms with van der Waals surface area (Å²) in [5, 5.41) is 19.7. The van der Waals surface area contributed by atoms with Crippen molar-refractivity contribution in [1.82, 2.24) is 19.9 Å². The van der Waals surface area contributed by atoms with Crippen molar-refractivity contribution in [3.8, 4) is 22.6 Å². The number of nitrogens with zero attached hydrogens (tertiary/aromatic N) is 5. The van der Waals surface area contributed by atoms with Crippen LogP contribution in [-0.2, 0) is 4.74 Å². The van der Waals surface area contributed by atoms with Crippen LogP contribution < -0.4 is 4.85 Å². The van der Waals surface area contributed by atoms with E-state index in [4.69, 9.17) is 4.74 Å². The highest BCUT2D eigenvalue weighted by molar-refractivity contribution is 5.67. The van der Waals surface area contributed by atoms with Gasteiger partial charge in [-0.1, -0.05) is 23.0 Å². The molecule has 24 heavy (non-hydrogen) atoms. The average Bonchev–Trinajstić information content (AvgIpc) is 3.12. The first kappa shape index (κ1) is 14.8. The van der Waals surface area contributed by atoms with Gasteiger partial charge in [-0.25, -0.2) is 9.67 Å². The highest BCUT2D eigenvalue weighted by atomic mass is 16.5. The fraction of sp³-hybridized carbons (Fsp3) is 0.294. The van der Waals surface area contributed by atoms with Crippen LogP contribution in [0, 0.1) is 5.21 Å². The summed E-state index contributed by atoms with van der Waals surface area (Å²) in [5.41, 5.74) is 2.76. The highest BCUT2D eigenvalue weighted by Gasteiger charge is 2.19. The van der Waals surface area contributed by atoms with Crippen molar-refractivity contribution in [2.45, 2.75) is 25.5 Å². The van der Waals surface area contributed by atoms with Gasteiger partial charge in [0, 0.05) is 29.0 Å². The van der Waals surface area contributed by atoms with Crippen molar-refractivity contribution < 1.29 is 9.58 Å². The van der Waals surface area contributed by atoms with Gasteiger partial charge >= 0.3 is 0 Å². The molecule has 2 aromatic heterocycles. The Balaban J connectivity index is 1.71. The topological polar surface area (TPSA) is 79.8 Å². The Hall–Kier alpha value is -2.80. The van der Waals surface area contributed by atoms with E-state index in [1.807, 2.05) is 35.0 Å². The first-order valence-electron chi connectivity index (χ1n) is 8.00. The van der Waals surface area contributed by atoms with E-state index in [1.165, 1.54) is 12.4 Å². The lowest BCUT2D eigenvalue weighted by Gasteiger charge is -2.24. The predicted molar refractivity (Wildman–Crippen MR) is 86.5 cm³/mol. The second kappa shape index (κ2) is 6.37. The monoisotopic (exact) mass is 323 g/mol. The van der Waals surface area contributed by atoms with E-state index in [-0.39, 0.29) is 6.23 Å². The van der Waals surface area contributed by atoms with Crippen LogP contribution in [0.5, 0.6) is 0 Å². The molecule has 122 valence electrons. The summed E-state index contributed by atoms with van der Waals surface area (Å²) in [6.45, 7) is 0.769. The summed E-state index contributed by atoms with van der Waals surface area (Å²) in [6.07, 6.45) is 7.68. The Kier molecular flexibility index (Phi) is 3.92. The van der Waals surface area contributed by atoms with E-state index >= 15 is 0 Å². The van der Waals surface area contributed by atoms with Gasteiger partial charge in [0.15, 0.2) is 6.23 Å². The third-order valence-corrected chi connectivity index (χ3v) is 4.10. The van der Waals surface area contributed by atoms with Crippen LogP contribution in [0.15, 0.2) is 48.9 Å². The van der Waals surface area contributed by atoms with Gasteiger partial charge < -0.3 is 9.94 Å². The molecule has 3 heterocycles. The molecular formula is C17H17N5O2. The van der Waals surface area contributed by atoms with Crippen molar-refractivity contribution in [2.24, 2.45) is 0 Å². The third kappa shape index (κ3) is 2.85. The lowest BCUT2D eigenvalue weighted by Crippen LogP contribution is -2.30.